The van der Waals surface area contributed by atoms with E-state index in [2.05, 4.69) is 20.9 Å². The SMILES string of the molecule is CCNC(=NCc1ccc(F)c(C)c1)NCCNC(=O)Cc1ccc(F)cc1. The molecule has 0 aliphatic heterocycles. The van der Waals surface area contributed by atoms with E-state index in [0.717, 1.165) is 11.1 Å². The summed E-state index contributed by atoms with van der Waals surface area (Å²) in [6.45, 7) is 5.74. The lowest BCUT2D eigenvalue weighted by Gasteiger charge is -2.12. The number of carbonyl (C=O) groups excluding carboxylic acids is 1. The normalized spacial score (nSPS) is 11.2. The van der Waals surface area contributed by atoms with Gasteiger partial charge in [-0.3, -0.25) is 4.79 Å². The zero-order chi connectivity index (χ0) is 20.4. The van der Waals surface area contributed by atoms with Crippen molar-refractivity contribution < 1.29 is 13.6 Å². The van der Waals surface area contributed by atoms with Crippen molar-refractivity contribution in [3.63, 3.8) is 0 Å². The molecule has 0 aliphatic carbocycles. The summed E-state index contributed by atoms with van der Waals surface area (Å²) in [4.78, 5) is 16.4. The van der Waals surface area contributed by atoms with Gasteiger partial charge in [0.1, 0.15) is 11.6 Å². The number of aliphatic imine (C=N–C) groups is 1. The first-order valence-electron chi connectivity index (χ1n) is 9.26. The van der Waals surface area contributed by atoms with Gasteiger partial charge in [0, 0.05) is 19.6 Å². The van der Waals surface area contributed by atoms with Gasteiger partial charge in [-0.2, -0.15) is 0 Å². The minimum atomic E-state index is -0.320. The van der Waals surface area contributed by atoms with Crippen molar-refractivity contribution in [3.05, 3.63) is 70.8 Å². The van der Waals surface area contributed by atoms with Crippen molar-refractivity contribution in [1.29, 1.82) is 0 Å². The van der Waals surface area contributed by atoms with E-state index in [1.165, 1.54) is 18.2 Å². The van der Waals surface area contributed by atoms with Crippen LogP contribution in [0.5, 0.6) is 0 Å². The summed E-state index contributed by atoms with van der Waals surface area (Å²) in [6.07, 6.45) is 0.207. The monoisotopic (exact) mass is 388 g/mol. The van der Waals surface area contributed by atoms with Crippen LogP contribution in [-0.4, -0.2) is 31.5 Å². The van der Waals surface area contributed by atoms with E-state index >= 15 is 0 Å². The molecule has 0 fully saturated rings. The van der Waals surface area contributed by atoms with Crippen LogP contribution in [0.2, 0.25) is 0 Å². The molecule has 0 spiro atoms. The second-order valence-corrected chi connectivity index (χ2v) is 6.36. The first-order chi connectivity index (χ1) is 13.5. The van der Waals surface area contributed by atoms with Crippen LogP contribution in [0.3, 0.4) is 0 Å². The summed E-state index contributed by atoms with van der Waals surface area (Å²) < 4.78 is 26.2. The number of benzene rings is 2. The highest BCUT2D eigenvalue weighted by Crippen LogP contribution is 2.10. The summed E-state index contributed by atoms with van der Waals surface area (Å²) in [5.74, 6) is -0.0528. The van der Waals surface area contributed by atoms with E-state index in [4.69, 9.17) is 0 Å². The number of nitrogens with one attached hydrogen (secondary N) is 3. The summed E-state index contributed by atoms with van der Waals surface area (Å²) in [5, 5.41) is 9.08. The maximum Gasteiger partial charge on any atom is 0.224 e. The van der Waals surface area contributed by atoms with Crippen LogP contribution in [0.25, 0.3) is 0 Å². The molecule has 0 saturated heterocycles. The molecule has 1 amide bonds. The standard InChI is InChI=1S/C21H26F2N4O/c1-3-24-21(27-14-17-6-9-19(23)15(2)12-17)26-11-10-25-20(28)13-16-4-7-18(22)8-5-16/h4-9,12H,3,10-11,13-14H2,1-2H3,(H,25,28)(H2,24,26,27). The summed E-state index contributed by atoms with van der Waals surface area (Å²) in [7, 11) is 0. The second kappa shape index (κ2) is 11.0. The third-order valence-corrected chi connectivity index (χ3v) is 4.00. The van der Waals surface area contributed by atoms with Gasteiger partial charge in [-0.05, 0) is 48.7 Å². The minimum absolute atomic E-state index is 0.128. The molecule has 0 aliphatic rings. The number of carbonyl (C=O) groups is 1. The molecule has 2 aromatic carbocycles. The van der Waals surface area contributed by atoms with Crippen molar-refractivity contribution in [1.82, 2.24) is 16.0 Å². The summed E-state index contributed by atoms with van der Waals surface area (Å²) in [6, 6.07) is 10.8. The first-order valence-corrected chi connectivity index (χ1v) is 9.26. The van der Waals surface area contributed by atoms with E-state index in [1.54, 1.807) is 31.2 Å². The van der Waals surface area contributed by atoms with Crippen molar-refractivity contribution in [2.45, 2.75) is 26.8 Å². The molecule has 0 saturated carbocycles. The molecule has 0 bridgehead atoms. The van der Waals surface area contributed by atoms with Crippen molar-refractivity contribution in [2.75, 3.05) is 19.6 Å². The largest absolute Gasteiger partial charge is 0.357 e. The zero-order valence-corrected chi connectivity index (χ0v) is 16.2. The van der Waals surface area contributed by atoms with Crippen molar-refractivity contribution >= 4 is 11.9 Å². The number of aryl methyl sites for hydroxylation is 1. The quantitative estimate of drug-likeness (QED) is 0.370. The van der Waals surface area contributed by atoms with E-state index in [-0.39, 0.29) is 24.0 Å². The molecule has 2 aromatic rings. The van der Waals surface area contributed by atoms with Crippen LogP contribution in [0.1, 0.15) is 23.6 Å². The Morgan fingerprint density at radius 3 is 2.32 bits per heavy atom. The Bertz CT molecular complexity index is 807. The Labute approximate surface area is 164 Å². The molecular weight excluding hydrogens is 362 g/mol. The Hall–Kier alpha value is -2.96. The number of amides is 1. The molecule has 0 aromatic heterocycles. The lowest BCUT2D eigenvalue weighted by Crippen LogP contribution is -2.41. The summed E-state index contributed by atoms with van der Waals surface area (Å²) >= 11 is 0. The van der Waals surface area contributed by atoms with E-state index in [0.29, 0.717) is 37.7 Å². The van der Waals surface area contributed by atoms with Crippen LogP contribution >= 0.6 is 0 Å². The van der Waals surface area contributed by atoms with Gasteiger partial charge in [0.05, 0.1) is 13.0 Å². The van der Waals surface area contributed by atoms with Gasteiger partial charge in [-0.25, -0.2) is 13.8 Å². The smallest absolute Gasteiger partial charge is 0.224 e. The molecule has 2 rings (SSSR count). The average Bonchev–Trinajstić information content (AvgIpc) is 2.67. The molecule has 150 valence electrons. The molecule has 0 radical (unpaired) electrons. The topological polar surface area (TPSA) is 65.5 Å². The highest BCUT2D eigenvalue weighted by atomic mass is 19.1. The number of halogens is 2. The summed E-state index contributed by atoms with van der Waals surface area (Å²) in [5.41, 5.74) is 2.27. The van der Waals surface area contributed by atoms with Crippen molar-refractivity contribution in [3.8, 4) is 0 Å². The third kappa shape index (κ3) is 7.34. The Kier molecular flexibility index (Phi) is 8.39. The minimum Gasteiger partial charge on any atom is -0.357 e. The van der Waals surface area contributed by atoms with Crippen LogP contribution in [0.4, 0.5) is 8.78 Å². The van der Waals surface area contributed by atoms with Gasteiger partial charge in [-0.1, -0.05) is 24.3 Å². The Balaban J connectivity index is 1.76. The number of nitrogens with zero attached hydrogens (tertiary/aromatic N) is 1. The van der Waals surface area contributed by atoms with Gasteiger partial charge in [-0.15, -0.1) is 0 Å². The number of guanidine groups is 1. The maximum absolute atomic E-state index is 13.3. The van der Waals surface area contributed by atoms with Gasteiger partial charge in [0.15, 0.2) is 5.96 Å². The molecule has 0 heterocycles. The number of hydrogen-bond donors (Lipinski definition) is 3. The zero-order valence-electron chi connectivity index (χ0n) is 16.2. The lowest BCUT2D eigenvalue weighted by atomic mass is 10.1. The van der Waals surface area contributed by atoms with Gasteiger partial charge < -0.3 is 16.0 Å². The highest BCUT2D eigenvalue weighted by molar-refractivity contribution is 5.80. The Morgan fingerprint density at radius 2 is 1.64 bits per heavy atom. The molecule has 3 N–H and O–H groups in total. The van der Waals surface area contributed by atoms with Gasteiger partial charge >= 0.3 is 0 Å². The first kappa shape index (κ1) is 21.3. The van der Waals surface area contributed by atoms with Crippen molar-refractivity contribution in [2.24, 2.45) is 4.99 Å². The van der Waals surface area contributed by atoms with Crippen LogP contribution in [0.15, 0.2) is 47.5 Å². The molecule has 0 atom stereocenters. The average molecular weight is 388 g/mol. The second-order valence-electron chi connectivity index (χ2n) is 6.36. The molecule has 5 nitrogen and oxygen atoms in total. The third-order valence-electron chi connectivity index (χ3n) is 4.00. The predicted octanol–water partition coefficient (Wildman–Crippen LogP) is 2.69. The number of rotatable bonds is 8. The predicted molar refractivity (Wildman–Crippen MR) is 107 cm³/mol. The van der Waals surface area contributed by atoms with Gasteiger partial charge in [0.25, 0.3) is 0 Å². The molecule has 0 unspecified atom stereocenters. The lowest BCUT2D eigenvalue weighted by molar-refractivity contribution is -0.120. The fourth-order valence-electron chi connectivity index (χ4n) is 2.55. The van der Waals surface area contributed by atoms with E-state index in [1.807, 2.05) is 6.92 Å². The van der Waals surface area contributed by atoms with Gasteiger partial charge in [0.2, 0.25) is 5.91 Å². The molecule has 28 heavy (non-hydrogen) atoms. The van der Waals surface area contributed by atoms with E-state index < -0.39 is 0 Å². The van der Waals surface area contributed by atoms with Crippen LogP contribution in [0, 0.1) is 18.6 Å². The van der Waals surface area contributed by atoms with Crippen LogP contribution < -0.4 is 16.0 Å². The van der Waals surface area contributed by atoms with Crippen LogP contribution in [-0.2, 0) is 17.8 Å². The van der Waals surface area contributed by atoms with E-state index in [9.17, 15) is 13.6 Å². The fourth-order valence-corrected chi connectivity index (χ4v) is 2.55. The molecular formula is C21H26F2N4O. The fraction of sp³-hybridized carbons (Fsp3) is 0.333. The number of hydrogen-bond acceptors (Lipinski definition) is 2. The highest BCUT2D eigenvalue weighted by Gasteiger charge is 2.04. The maximum atomic E-state index is 13.3. The molecule has 7 heteroatoms. The Morgan fingerprint density at radius 1 is 0.964 bits per heavy atom.